The Morgan fingerprint density at radius 3 is 2.61 bits per heavy atom. The van der Waals surface area contributed by atoms with Crippen molar-refractivity contribution in [3.05, 3.63) is 71.2 Å². The number of nitrogens with zero attached hydrogens (tertiary/aromatic N) is 5. The van der Waals surface area contributed by atoms with Gasteiger partial charge in [0.25, 0.3) is 0 Å². The quantitative estimate of drug-likeness (QED) is 0.262. The minimum Gasteiger partial charge on any atom is -0.424 e. The minimum absolute atomic E-state index is 0.0340. The van der Waals surface area contributed by atoms with Crippen molar-refractivity contribution in [1.82, 2.24) is 29.8 Å². The number of carbonyl (C=O) groups excluding carboxylic acids is 1. The van der Waals surface area contributed by atoms with Crippen molar-refractivity contribution in [3.63, 3.8) is 0 Å². The number of hydrogen-bond acceptors (Lipinski definition) is 7. The second-order valence-corrected chi connectivity index (χ2v) is 10.7. The molecule has 1 aliphatic carbocycles. The van der Waals surface area contributed by atoms with Gasteiger partial charge in [-0.05, 0) is 63.8 Å². The number of rotatable bonds is 6. The van der Waals surface area contributed by atoms with Crippen molar-refractivity contribution in [2.75, 3.05) is 6.61 Å². The summed E-state index contributed by atoms with van der Waals surface area (Å²) in [7, 11) is 0. The Bertz CT molecular complexity index is 1780. The molecule has 0 atom stereocenters. The summed E-state index contributed by atoms with van der Waals surface area (Å²) < 4.78 is 23.5. The van der Waals surface area contributed by atoms with Crippen LogP contribution in [0.4, 0.5) is 4.39 Å². The molecule has 0 spiro atoms. The van der Waals surface area contributed by atoms with Gasteiger partial charge in [-0.3, -0.25) is 9.78 Å². The lowest BCUT2D eigenvalue weighted by molar-refractivity contribution is -0.124. The van der Waals surface area contributed by atoms with Crippen LogP contribution < -0.4 is 10.1 Å². The van der Waals surface area contributed by atoms with Crippen LogP contribution in [0.3, 0.4) is 0 Å². The van der Waals surface area contributed by atoms with E-state index < -0.39 is 12.4 Å². The molecule has 3 aromatic heterocycles. The first-order valence-corrected chi connectivity index (χ1v) is 13.8. The molecule has 1 amide bonds. The molecule has 1 aliphatic rings. The Kier molecular flexibility index (Phi) is 7.27. The van der Waals surface area contributed by atoms with E-state index >= 15 is 4.39 Å². The van der Waals surface area contributed by atoms with Gasteiger partial charge in [-0.25, -0.2) is 19.3 Å². The fraction of sp³-hybridized carbons (Fsp3) is 0.300. The fourth-order valence-electron chi connectivity index (χ4n) is 5.68. The maximum Gasteiger partial charge on any atom is 0.322 e. The van der Waals surface area contributed by atoms with Gasteiger partial charge in [-0.15, -0.1) is 0 Å². The number of hydrogen-bond donors (Lipinski definition) is 2. The molecule has 5 aromatic rings. The van der Waals surface area contributed by atoms with Gasteiger partial charge in [0.2, 0.25) is 5.91 Å². The average Bonchev–Trinajstić information content (AvgIpc) is 3.29. The number of pyridine rings is 1. The SMILES string of the molecule is Cc1ccnc(Oc2ccc(-c3cc4c(cc3F)ncc3nc(C)n([C@H]5CC[C@H](NC(=O)CO)CC5)c34)c(Cl)c2)n1. The molecule has 3 heterocycles. The van der Waals surface area contributed by atoms with Gasteiger partial charge in [0.05, 0.1) is 22.3 Å². The third kappa shape index (κ3) is 5.32. The molecule has 0 radical (unpaired) electrons. The maximum absolute atomic E-state index is 15.5. The molecular formula is C30H28ClFN6O3. The Labute approximate surface area is 240 Å². The summed E-state index contributed by atoms with van der Waals surface area (Å²) in [5, 5.41) is 13.0. The van der Waals surface area contributed by atoms with E-state index in [1.165, 1.54) is 6.07 Å². The number of carbonyl (C=O) groups is 1. The van der Waals surface area contributed by atoms with E-state index in [1.807, 2.05) is 13.8 Å². The summed E-state index contributed by atoms with van der Waals surface area (Å²) in [4.78, 5) is 29.3. The number of aryl methyl sites for hydroxylation is 2. The fourth-order valence-corrected chi connectivity index (χ4v) is 5.95. The van der Waals surface area contributed by atoms with Gasteiger partial charge < -0.3 is 19.7 Å². The van der Waals surface area contributed by atoms with Crippen LogP contribution in [0.1, 0.15) is 43.2 Å². The summed E-state index contributed by atoms with van der Waals surface area (Å²) in [6.07, 6.45) is 6.53. The second kappa shape index (κ2) is 11.0. The lowest BCUT2D eigenvalue weighted by atomic mass is 9.90. The first-order chi connectivity index (χ1) is 19.8. The molecular weight excluding hydrogens is 547 g/mol. The normalized spacial score (nSPS) is 17.2. The smallest absolute Gasteiger partial charge is 0.322 e. The van der Waals surface area contributed by atoms with Crippen molar-refractivity contribution in [2.45, 2.75) is 51.6 Å². The van der Waals surface area contributed by atoms with Gasteiger partial charge >= 0.3 is 6.01 Å². The van der Waals surface area contributed by atoms with Gasteiger partial charge in [-0.2, -0.15) is 0 Å². The van der Waals surface area contributed by atoms with E-state index in [2.05, 4.69) is 24.8 Å². The second-order valence-electron chi connectivity index (χ2n) is 10.3. The zero-order chi connectivity index (χ0) is 28.7. The Balaban J connectivity index is 1.37. The third-order valence-electron chi connectivity index (χ3n) is 7.56. The lowest BCUT2D eigenvalue weighted by Crippen LogP contribution is -2.39. The Morgan fingerprint density at radius 2 is 1.88 bits per heavy atom. The summed E-state index contributed by atoms with van der Waals surface area (Å²) >= 11 is 6.65. The van der Waals surface area contributed by atoms with Crippen LogP contribution in [0, 0.1) is 19.7 Å². The van der Waals surface area contributed by atoms with Gasteiger partial charge in [0.15, 0.2) is 0 Å². The zero-order valence-corrected chi connectivity index (χ0v) is 23.3. The largest absolute Gasteiger partial charge is 0.424 e. The van der Waals surface area contributed by atoms with E-state index in [0.29, 0.717) is 27.4 Å². The highest BCUT2D eigenvalue weighted by Crippen LogP contribution is 2.39. The molecule has 6 rings (SSSR count). The van der Waals surface area contributed by atoms with E-state index in [1.54, 1.807) is 42.7 Å². The van der Waals surface area contributed by atoms with E-state index in [0.717, 1.165) is 53.6 Å². The molecule has 41 heavy (non-hydrogen) atoms. The third-order valence-corrected chi connectivity index (χ3v) is 7.88. The first kappa shape index (κ1) is 27.0. The number of amides is 1. The molecule has 2 aromatic carbocycles. The Hall–Kier alpha value is -4.15. The van der Waals surface area contributed by atoms with Crippen LogP contribution in [-0.4, -0.2) is 48.2 Å². The maximum atomic E-state index is 15.5. The summed E-state index contributed by atoms with van der Waals surface area (Å²) in [6.45, 7) is 3.30. The van der Waals surface area contributed by atoms with Crippen LogP contribution in [0.25, 0.3) is 33.1 Å². The van der Waals surface area contributed by atoms with Crippen molar-refractivity contribution in [3.8, 4) is 22.9 Å². The number of ether oxygens (including phenoxy) is 1. The molecule has 0 aliphatic heterocycles. The highest BCUT2D eigenvalue weighted by atomic mass is 35.5. The molecule has 2 N–H and O–H groups in total. The molecule has 9 nitrogen and oxygen atoms in total. The number of halogens is 2. The molecule has 1 saturated carbocycles. The number of benzene rings is 2. The van der Waals surface area contributed by atoms with Crippen LogP contribution in [0.2, 0.25) is 5.02 Å². The number of aliphatic hydroxyl groups excluding tert-OH is 1. The predicted molar refractivity (Wildman–Crippen MR) is 154 cm³/mol. The molecule has 210 valence electrons. The van der Waals surface area contributed by atoms with E-state index in [9.17, 15) is 4.79 Å². The zero-order valence-electron chi connectivity index (χ0n) is 22.6. The topological polar surface area (TPSA) is 115 Å². The van der Waals surface area contributed by atoms with Crippen LogP contribution >= 0.6 is 11.6 Å². The monoisotopic (exact) mass is 574 g/mol. The number of fused-ring (bicyclic) bond motifs is 3. The predicted octanol–water partition coefficient (Wildman–Crippen LogP) is 5.84. The highest BCUT2D eigenvalue weighted by Gasteiger charge is 2.27. The first-order valence-electron chi connectivity index (χ1n) is 13.4. The Morgan fingerprint density at radius 1 is 1.07 bits per heavy atom. The highest BCUT2D eigenvalue weighted by molar-refractivity contribution is 6.33. The van der Waals surface area contributed by atoms with Crippen molar-refractivity contribution in [2.24, 2.45) is 0 Å². The van der Waals surface area contributed by atoms with Gasteiger partial charge in [-0.1, -0.05) is 11.6 Å². The lowest BCUT2D eigenvalue weighted by Gasteiger charge is -2.31. The van der Waals surface area contributed by atoms with Gasteiger partial charge in [0, 0.05) is 52.6 Å². The number of imidazole rings is 1. The van der Waals surface area contributed by atoms with Crippen LogP contribution in [0.15, 0.2) is 48.8 Å². The van der Waals surface area contributed by atoms with Crippen molar-refractivity contribution < 1.29 is 19.0 Å². The van der Waals surface area contributed by atoms with E-state index in [-0.39, 0.29) is 24.0 Å². The number of nitrogens with one attached hydrogen (secondary N) is 1. The van der Waals surface area contributed by atoms with Crippen molar-refractivity contribution >= 4 is 39.4 Å². The van der Waals surface area contributed by atoms with E-state index in [4.69, 9.17) is 26.4 Å². The molecule has 0 unspecified atom stereocenters. The minimum atomic E-state index is -0.510. The van der Waals surface area contributed by atoms with Crippen LogP contribution in [0.5, 0.6) is 11.8 Å². The number of aliphatic hydroxyl groups is 1. The van der Waals surface area contributed by atoms with Gasteiger partial charge in [0.1, 0.15) is 29.5 Å². The molecule has 11 heteroatoms. The summed E-state index contributed by atoms with van der Waals surface area (Å²) in [5.74, 6) is 0.492. The molecule has 0 saturated heterocycles. The summed E-state index contributed by atoms with van der Waals surface area (Å²) in [6, 6.07) is 10.4. The molecule has 0 bridgehead atoms. The summed E-state index contributed by atoms with van der Waals surface area (Å²) in [5.41, 5.74) is 3.78. The van der Waals surface area contributed by atoms with Crippen LogP contribution in [-0.2, 0) is 4.79 Å². The molecule has 1 fully saturated rings. The number of aromatic nitrogens is 5. The average molecular weight is 575 g/mol. The standard InChI is InChI=1S/C30H28ClFN6O3/c1-16-9-10-33-30(35-16)41-20-7-8-21(24(31)11-20)22-12-23-26(13-25(22)32)34-14-27-29(23)38(17(2)36-27)19-5-3-18(4-6-19)37-28(40)15-39/h7-14,18-19,39H,3-6,15H2,1-2H3,(H,37,40)/t18-,19-. The van der Waals surface area contributed by atoms with Crippen molar-refractivity contribution in [1.29, 1.82) is 0 Å².